The van der Waals surface area contributed by atoms with Crippen LogP contribution in [0.2, 0.25) is 0 Å². The highest BCUT2D eigenvalue weighted by molar-refractivity contribution is 7.13. The maximum Gasteiger partial charge on any atom is 0.317 e. The van der Waals surface area contributed by atoms with Crippen molar-refractivity contribution >= 4 is 22.4 Å². The van der Waals surface area contributed by atoms with Crippen LogP contribution in [0, 0.1) is 0 Å². The SMILES string of the molecule is CCOC(=O)C(C)(C)c1csc(N(C)C2CCCCC2)n1. The van der Waals surface area contributed by atoms with Gasteiger partial charge >= 0.3 is 5.97 Å². The van der Waals surface area contributed by atoms with Gasteiger partial charge in [-0.25, -0.2) is 4.98 Å². The molecule has 1 heterocycles. The summed E-state index contributed by atoms with van der Waals surface area (Å²) in [5, 5.41) is 3.00. The molecule has 0 spiro atoms. The summed E-state index contributed by atoms with van der Waals surface area (Å²) in [5.74, 6) is -0.206. The van der Waals surface area contributed by atoms with E-state index in [1.807, 2.05) is 26.2 Å². The van der Waals surface area contributed by atoms with E-state index in [1.165, 1.54) is 32.1 Å². The van der Waals surface area contributed by atoms with E-state index < -0.39 is 5.41 Å². The molecule has 0 aromatic carbocycles. The zero-order chi connectivity index (χ0) is 15.5. The lowest BCUT2D eigenvalue weighted by atomic mass is 9.90. The van der Waals surface area contributed by atoms with Gasteiger partial charge in [0.2, 0.25) is 0 Å². The van der Waals surface area contributed by atoms with Crippen LogP contribution in [-0.4, -0.2) is 30.6 Å². The Balaban J connectivity index is 2.11. The second-order valence-electron chi connectivity index (χ2n) is 6.26. The molecule has 118 valence electrons. The number of hydrogen-bond acceptors (Lipinski definition) is 5. The highest BCUT2D eigenvalue weighted by Gasteiger charge is 2.34. The first-order chi connectivity index (χ1) is 9.96. The van der Waals surface area contributed by atoms with Crippen LogP contribution in [-0.2, 0) is 14.9 Å². The van der Waals surface area contributed by atoms with Crippen LogP contribution in [0.4, 0.5) is 5.13 Å². The van der Waals surface area contributed by atoms with Crippen LogP contribution < -0.4 is 4.90 Å². The highest BCUT2D eigenvalue weighted by Crippen LogP contribution is 2.32. The zero-order valence-electron chi connectivity index (χ0n) is 13.5. The zero-order valence-corrected chi connectivity index (χ0v) is 14.3. The largest absolute Gasteiger partial charge is 0.465 e. The third-order valence-corrected chi connectivity index (χ3v) is 5.27. The molecule has 1 saturated carbocycles. The first kappa shape index (κ1) is 16.3. The number of nitrogens with zero attached hydrogens (tertiary/aromatic N) is 2. The molecule has 0 unspecified atom stereocenters. The van der Waals surface area contributed by atoms with E-state index in [2.05, 4.69) is 11.9 Å². The van der Waals surface area contributed by atoms with Gasteiger partial charge in [0.1, 0.15) is 5.41 Å². The number of aromatic nitrogens is 1. The molecule has 1 aliphatic rings. The lowest BCUT2D eigenvalue weighted by molar-refractivity contribution is -0.148. The topological polar surface area (TPSA) is 42.4 Å². The number of esters is 1. The Morgan fingerprint density at radius 3 is 2.71 bits per heavy atom. The summed E-state index contributed by atoms with van der Waals surface area (Å²) in [4.78, 5) is 19.1. The summed E-state index contributed by atoms with van der Waals surface area (Å²) in [5.41, 5.74) is 0.127. The van der Waals surface area contributed by atoms with Crippen LogP contribution in [0.25, 0.3) is 0 Å². The fourth-order valence-corrected chi connectivity index (χ4v) is 3.78. The van der Waals surface area contributed by atoms with E-state index >= 15 is 0 Å². The van der Waals surface area contributed by atoms with Crippen LogP contribution in [0.5, 0.6) is 0 Å². The third-order valence-electron chi connectivity index (χ3n) is 4.34. The average molecular weight is 310 g/mol. The van der Waals surface area contributed by atoms with E-state index in [9.17, 15) is 4.79 Å². The summed E-state index contributed by atoms with van der Waals surface area (Å²) < 4.78 is 5.16. The summed E-state index contributed by atoms with van der Waals surface area (Å²) in [6.07, 6.45) is 6.45. The number of carbonyl (C=O) groups is 1. The van der Waals surface area contributed by atoms with Crippen molar-refractivity contribution in [3.63, 3.8) is 0 Å². The van der Waals surface area contributed by atoms with Gasteiger partial charge in [-0.15, -0.1) is 11.3 Å². The fraction of sp³-hybridized carbons (Fsp3) is 0.750. The molecular formula is C16H26N2O2S. The van der Waals surface area contributed by atoms with E-state index in [0.717, 1.165) is 10.8 Å². The van der Waals surface area contributed by atoms with Gasteiger partial charge in [0.25, 0.3) is 0 Å². The molecule has 0 atom stereocenters. The molecule has 2 rings (SSSR count). The average Bonchev–Trinajstić information content (AvgIpc) is 2.98. The molecule has 21 heavy (non-hydrogen) atoms. The minimum absolute atomic E-state index is 0.206. The normalized spacial score (nSPS) is 16.8. The lowest BCUT2D eigenvalue weighted by Gasteiger charge is -2.31. The first-order valence-corrected chi connectivity index (χ1v) is 8.70. The lowest BCUT2D eigenvalue weighted by Crippen LogP contribution is -2.34. The molecule has 0 amide bonds. The van der Waals surface area contributed by atoms with Gasteiger partial charge in [0.15, 0.2) is 5.13 Å². The van der Waals surface area contributed by atoms with E-state index in [-0.39, 0.29) is 5.97 Å². The molecule has 0 radical (unpaired) electrons. The standard InChI is InChI=1S/C16H26N2O2S/c1-5-20-14(19)16(2,3)13-11-21-15(17-13)18(4)12-9-7-6-8-10-12/h11-12H,5-10H2,1-4H3. The molecule has 1 aliphatic carbocycles. The van der Waals surface area contributed by atoms with Gasteiger partial charge in [-0.2, -0.15) is 0 Å². The maximum absolute atomic E-state index is 12.1. The molecule has 1 aromatic heterocycles. The molecule has 0 N–H and O–H groups in total. The van der Waals surface area contributed by atoms with Crippen molar-refractivity contribution in [2.75, 3.05) is 18.6 Å². The van der Waals surface area contributed by atoms with Crippen molar-refractivity contribution < 1.29 is 9.53 Å². The molecule has 5 heteroatoms. The predicted molar refractivity (Wildman–Crippen MR) is 87.0 cm³/mol. The summed E-state index contributed by atoms with van der Waals surface area (Å²) in [6, 6.07) is 0.587. The number of anilines is 1. The predicted octanol–water partition coefficient (Wildman–Crippen LogP) is 3.75. The van der Waals surface area contributed by atoms with Gasteiger partial charge in [-0.3, -0.25) is 4.79 Å². The number of rotatable bonds is 5. The minimum Gasteiger partial charge on any atom is -0.465 e. The fourth-order valence-electron chi connectivity index (χ4n) is 2.75. The Hall–Kier alpha value is -1.10. The van der Waals surface area contributed by atoms with Crippen molar-refractivity contribution in [2.24, 2.45) is 0 Å². The second-order valence-corrected chi connectivity index (χ2v) is 7.10. The van der Waals surface area contributed by atoms with Crippen molar-refractivity contribution in [3.8, 4) is 0 Å². The van der Waals surface area contributed by atoms with Crippen LogP contribution in [0.15, 0.2) is 5.38 Å². The highest BCUT2D eigenvalue weighted by atomic mass is 32.1. The van der Waals surface area contributed by atoms with Gasteiger partial charge in [-0.1, -0.05) is 19.3 Å². The van der Waals surface area contributed by atoms with Gasteiger partial charge in [-0.05, 0) is 33.6 Å². The van der Waals surface area contributed by atoms with Gasteiger partial charge in [0, 0.05) is 18.5 Å². The maximum atomic E-state index is 12.1. The molecule has 0 bridgehead atoms. The monoisotopic (exact) mass is 310 g/mol. The van der Waals surface area contributed by atoms with E-state index in [0.29, 0.717) is 12.6 Å². The smallest absolute Gasteiger partial charge is 0.317 e. The Bertz CT molecular complexity index is 478. The van der Waals surface area contributed by atoms with Crippen molar-refractivity contribution in [3.05, 3.63) is 11.1 Å². The quantitative estimate of drug-likeness (QED) is 0.777. The summed E-state index contributed by atoms with van der Waals surface area (Å²) in [7, 11) is 2.12. The van der Waals surface area contributed by atoms with Gasteiger partial charge < -0.3 is 9.64 Å². The Morgan fingerprint density at radius 2 is 2.10 bits per heavy atom. The first-order valence-electron chi connectivity index (χ1n) is 7.83. The number of hydrogen-bond donors (Lipinski definition) is 0. The Kier molecular flexibility index (Phi) is 5.25. The number of carbonyl (C=O) groups excluding carboxylic acids is 1. The van der Waals surface area contributed by atoms with Crippen LogP contribution >= 0.6 is 11.3 Å². The molecule has 4 nitrogen and oxygen atoms in total. The molecular weight excluding hydrogens is 284 g/mol. The van der Waals surface area contributed by atoms with Crippen LogP contribution in [0.3, 0.4) is 0 Å². The van der Waals surface area contributed by atoms with Crippen molar-refractivity contribution in [1.82, 2.24) is 4.98 Å². The van der Waals surface area contributed by atoms with Crippen molar-refractivity contribution in [2.45, 2.75) is 64.3 Å². The van der Waals surface area contributed by atoms with E-state index in [4.69, 9.17) is 9.72 Å². The third kappa shape index (κ3) is 3.57. The Morgan fingerprint density at radius 1 is 1.43 bits per heavy atom. The van der Waals surface area contributed by atoms with Crippen molar-refractivity contribution in [1.29, 1.82) is 0 Å². The second kappa shape index (κ2) is 6.77. The molecule has 1 aromatic rings. The number of thiazole rings is 1. The Labute approximate surface area is 131 Å². The van der Waals surface area contributed by atoms with Crippen LogP contribution in [0.1, 0.15) is 58.6 Å². The van der Waals surface area contributed by atoms with Gasteiger partial charge in [0.05, 0.1) is 12.3 Å². The molecule has 1 fully saturated rings. The number of ether oxygens (including phenoxy) is 1. The van der Waals surface area contributed by atoms with E-state index in [1.54, 1.807) is 11.3 Å². The summed E-state index contributed by atoms with van der Waals surface area (Å²) in [6.45, 7) is 5.99. The summed E-state index contributed by atoms with van der Waals surface area (Å²) >= 11 is 1.62. The minimum atomic E-state index is -0.682. The molecule has 0 aliphatic heterocycles. The molecule has 0 saturated heterocycles.